The molecular formula is C17H17IN2O3. The lowest BCUT2D eigenvalue weighted by Crippen LogP contribution is -2.24. The summed E-state index contributed by atoms with van der Waals surface area (Å²) in [6.07, 6.45) is 1.57. The topological polar surface area (TPSA) is 59.9 Å². The molecule has 2 rings (SSSR count). The maximum Gasteiger partial charge on any atom is 0.277 e. The Morgan fingerprint density at radius 3 is 2.65 bits per heavy atom. The molecule has 0 aliphatic heterocycles. The van der Waals surface area contributed by atoms with Crippen LogP contribution < -0.4 is 14.9 Å². The molecule has 2 aromatic rings. The Balaban J connectivity index is 1.81. The van der Waals surface area contributed by atoms with Crippen LogP contribution in [0.2, 0.25) is 0 Å². The minimum atomic E-state index is -0.315. The number of hydrazone groups is 1. The maximum absolute atomic E-state index is 11.7. The number of aryl methyl sites for hydroxylation is 1. The first-order valence-electron chi connectivity index (χ1n) is 6.93. The number of ether oxygens (including phenoxy) is 2. The van der Waals surface area contributed by atoms with Crippen molar-refractivity contribution in [1.82, 2.24) is 5.43 Å². The fourth-order valence-corrected chi connectivity index (χ4v) is 2.52. The Morgan fingerprint density at radius 2 is 2.00 bits per heavy atom. The summed E-state index contributed by atoms with van der Waals surface area (Å²) in [7, 11) is 1.62. The molecule has 0 aliphatic rings. The van der Waals surface area contributed by atoms with E-state index >= 15 is 0 Å². The van der Waals surface area contributed by atoms with Crippen LogP contribution in [0.4, 0.5) is 0 Å². The van der Waals surface area contributed by atoms with Crippen LogP contribution in [0.5, 0.6) is 11.5 Å². The van der Waals surface area contributed by atoms with Crippen molar-refractivity contribution in [1.29, 1.82) is 0 Å². The monoisotopic (exact) mass is 424 g/mol. The van der Waals surface area contributed by atoms with Crippen LogP contribution in [0, 0.1) is 10.5 Å². The highest BCUT2D eigenvalue weighted by Gasteiger charge is 2.02. The quantitative estimate of drug-likeness (QED) is 0.441. The van der Waals surface area contributed by atoms with Gasteiger partial charge in [-0.15, -0.1) is 0 Å². The molecule has 23 heavy (non-hydrogen) atoms. The molecule has 0 radical (unpaired) electrons. The van der Waals surface area contributed by atoms with E-state index in [1.165, 1.54) is 0 Å². The average molecular weight is 424 g/mol. The van der Waals surface area contributed by atoms with Gasteiger partial charge in [0.05, 0.1) is 16.9 Å². The van der Waals surface area contributed by atoms with Crippen LogP contribution in [-0.4, -0.2) is 25.8 Å². The highest BCUT2D eigenvalue weighted by atomic mass is 127. The first-order valence-corrected chi connectivity index (χ1v) is 8.01. The predicted octanol–water partition coefficient (Wildman–Crippen LogP) is 3.14. The van der Waals surface area contributed by atoms with Crippen molar-refractivity contribution < 1.29 is 14.3 Å². The van der Waals surface area contributed by atoms with Gasteiger partial charge in [0.15, 0.2) is 6.61 Å². The van der Waals surface area contributed by atoms with Crippen molar-refractivity contribution in [2.24, 2.45) is 5.10 Å². The molecule has 0 fully saturated rings. The molecule has 1 N–H and O–H groups in total. The summed E-state index contributed by atoms with van der Waals surface area (Å²) >= 11 is 2.18. The Morgan fingerprint density at radius 1 is 1.26 bits per heavy atom. The Kier molecular flexibility index (Phi) is 6.40. The number of halogens is 1. The summed E-state index contributed by atoms with van der Waals surface area (Å²) in [6.45, 7) is 1.91. The minimum absolute atomic E-state index is 0.0828. The zero-order valence-corrected chi connectivity index (χ0v) is 15.0. The summed E-state index contributed by atoms with van der Waals surface area (Å²) in [5.41, 5.74) is 4.44. The summed E-state index contributed by atoms with van der Waals surface area (Å²) in [5.74, 6) is 1.14. The Labute approximate surface area is 148 Å². The van der Waals surface area contributed by atoms with Gasteiger partial charge in [0, 0.05) is 0 Å². The van der Waals surface area contributed by atoms with Gasteiger partial charge in [-0.1, -0.05) is 17.7 Å². The second kappa shape index (κ2) is 8.52. The Bertz CT molecular complexity index is 699. The van der Waals surface area contributed by atoms with E-state index in [1.54, 1.807) is 13.3 Å². The number of carbonyl (C=O) groups excluding carboxylic acids is 1. The second-order valence-electron chi connectivity index (χ2n) is 4.79. The molecule has 0 bridgehead atoms. The van der Waals surface area contributed by atoms with Gasteiger partial charge >= 0.3 is 0 Å². The van der Waals surface area contributed by atoms with E-state index < -0.39 is 0 Å². The van der Waals surface area contributed by atoms with Crippen molar-refractivity contribution >= 4 is 34.7 Å². The minimum Gasteiger partial charge on any atom is -0.496 e. The third-order valence-electron chi connectivity index (χ3n) is 2.97. The maximum atomic E-state index is 11.7. The van der Waals surface area contributed by atoms with E-state index in [0.717, 1.165) is 20.4 Å². The van der Waals surface area contributed by atoms with Gasteiger partial charge in [-0.05, 0) is 65.4 Å². The van der Waals surface area contributed by atoms with E-state index in [4.69, 9.17) is 9.47 Å². The van der Waals surface area contributed by atoms with Gasteiger partial charge in [-0.3, -0.25) is 4.79 Å². The molecule has 0 aliphatic carbocycles. The molecule has 0 unspecified atom stereocenters. The lowest BCUT2D eigenvalue weighted by Gasteiger charge is -2.05. The molecule has 0 saturated carbocycles. The SMILES string of the molecule is COc1ccc(C=NNC(=O)COc2ccc(C)cc2)cc1I. The van der Waals surface area contributed by atoms with E-state index in [1.807, 2.05) is 49.4 Å². The summed E-state index contributed by atoms with van der Waals surface area (Å²) < 4.78 is 11.5. The van der Waals surface area contributed by atoms with E-state index in [-0.39, 0.29) is 12.5 Å². The fraction of sp³-hybridized carbons (Fsp3) is 0.176. The van der Waals surface area contributed by atoms with E-state index in [2.05, 4.69) is 33.1 Å². The Hall–Kier alpha value is -2.09. The summed E-state index contributed by atoms with van der Waals surface area (Å²) in [5, 5.41) is 3.92. The zero-order chi connectivity index (χ0) is 16.7. The smallest absolute Gasteiger partial charge is 0.277 e. The first kappa shape index (κ1) is 17.3. The van der Waals surface area contributed by atoms with E-state index in [9.17, 15) is 4.79 Å². The molecule has 0 heterocycles. The number of benzene rings is 2. The van der Waals surface area contributed by atoms with Crippen LogP contribution in [0.25, 0.3) is 0 Å². The predicted molar refractivity (Wildman–Crippen MR) is 98.1 cm³/mol. The molecule has 0 aromatic heterocycles. The largest absolute Gasteiger partial charge is 0.496 e. The lowest BCUT2D eigenvalue weighted by molar-refractivity contribution is -0.123. The van der Waals surface area contributed by atoms with Gasteiger partial charge in [-0.2, -0.15) is 5.10 Å². The van der Waals surface area contributed by atoms with Crippen molar-refractivity contribution in [3.63, 3.8) is 0 Å². The average Bonchev–Trinajstić information content (AvgIpc) is 2.54. The van der Waals surface area contributed by atoms with Crippen LogP contribution in [0.1, 0.15) is 11.1 Å². The number of nitrogens with one attached hydrogen (secondary N) is 1. The molecule has 0 spiro atoms. The normalized spacial score (nSPS) is 10.6. The third kappa shape index (κ3) is 5.55. The molecule has 0 saturated heterocycles. The number of nitrogens with zero attached hydrogens (tertiary/aromatic N) is 1. The second-order valence-corrected chi connectivity index (χ2v) is 5.95. The molecule has 0 atom stereocenters. The number of carbonyl (C=O) groups is 1. The molecule has 120 valence electrons. The molecule has 1 amide bonds. The molecule has 6 heteroatoms. The van der Waals surface area contributed by atoms with Gasteiger partial charge in [0.25, 0.3) is 5.91 Å². The third-order valence-corrected chi connectivity index (χ3v) is 3.81. The number of rotatable bonds is 6. The van der Waals surface area contributed by atoms with Gasteiger partial charge in [0.1, 0.15) is 11.5 Å². The number of hydrogen-bond acceptors (Lipinski definition) is 4. The highest BCUT2D eigenvalue weighted by Crippen LogP contribution is 2.20. The lowest BCUT2D eigenvalue weighted by atomic mass is 10.2. The van der Waals surface area contributed by atoms with Gasteiger partial charge in [0.2, 0.25) is 0 Å². The van der Waals surface area contributed by atoms with Crippen LogP contribution in [-0.2, 0) is 4.79 Å². The standard InChI is InChI=1S/C17H17IN2O3/c1-12-3-6-14(7-4-12)23-11-17(21)20-19-10-13-5-8-16(22-2)15(18)9-13/h3-10H,11H2,1-2H3,(H,20,21). The fourth-order valence-electron chi connectivity index (χ4n) is 1.76. The number of hydrogen-bond donors (Lipinski definition) is 1. The zero-order valence-electron chi connectivity index (χ0n) is 12.9. The van der Waals surface area contributed by atoms with Crippen LogP contribution in [0.15, 0.2) is 47.6 Å². The van der Waals surface area contributed by atoms with E-state index in [0.29, 0.717) is 5.75 Å². The van der Waals surface area contributed by atoms with Crippen LogP contribution >= 0.6 is 22.6 Å². The number of amides is 1. The molecular weight excluding hydrogens is 407 g/mol. The molecule has 2 aromatic carbocycles. The van der Waals surface area contributed by atoms with Gasteiger partial charge in [-0.25, -0.2) is 5.43 Å². The van der Waals surface area contributed by atoms with Crippen LogP contribution in [0.3, 0.4) is 0 Å². The first-order chi connectivity index (χ1) is 11.1. The van der Waals surface area contributed by atoms with Crippen molar-refractivity contribution in [3.05, 3.63) is 57.2 Å². The summed E-state index contributed by atoms with van der Waals surface area (Å²) in [4.78, 5) is 11.7. The van der Waals surface area contributed by atoms with Crippen molar-refractivity contribution in [2.75, 3.05) is 13.7 Å². The van der Waals surface area contributed by atoms with Crippen molar-refractivity contribution in [3.8, 4) is 11.5 Å². The van der Waals surface area contributed by atoms with Crippen molar-refractivity contribution in [2.45, 2.75) is 6.92 Å². The van der Waals surface area contributed by atoms with Gasteiger partial charge < -0.3 is 9.47 Å². The number of methoxy groups -OCH3 is 1. The molecule has 5 nitrogen and oxygen atoms in total. The summed E-state index contributed by atoms with van der Waals surface area (Å²) in [6, 6.07) is 13.1. The highest BCUT2D eigenvalue weighted by molar-refractivity contribution is 14.1.